The molecular weight excluding hydrogens is 198 g/mol. The van der Waals surface area contributed by atoms with Gasteiger partial charge in [0.15, 0.2) is 5.78 Å². The highest BCUT2D eigenvalue weighted by atomic mass is 32.1. The van der Waals surface area contributed by atoms with Gasteiger partial charge in [-0.3, -0.25) is 4.79 Å². The summed E-state index contributed by atoms with van der Waals surface area (Å²) in [6.45, 7) is 5.55. The molecule has 0 spiro atoms. The Labute approximate surface area is 87.8 Å². The molecule has 1 aromatic rings. The van der Waals surface area contributed by atoms with Crippen LogP contribution in [0.4, 0.5) is 0 Å². The van der Waals surface area contributed by atoms with E-state index in [0.29, 0.717) is 0 Å². The van der Waals surface area contributed by atoms with E-state index < -0.39 is 6.10 Å². The number of hydrogen-bond acceptors (Lipinski definition) is 4. The van der Waals surface area contributed by atoms with E-state index in [1.165, 1.54) is 11.3 Å². The van der Waals surface area contributed by atoms with Gasteiger partial charge in [-0.2, -0.15) is 0 Å². The maximum Gasteiger partial charge on any atom is 0.168 e. The number of aromatic nitrogens is 1. The van der Waals surface area contributed by atoms with Crippen LogP contribution in [0, 0.1) is 12.8 Å². The number of carbonyl (C=O) groups is 1. The number of carbonyl (C=O) groups excluding carboxylic acids is 1. The third-order valence-electron chi connectivity index (χ3n) is 1.95. The molecule has 0 saturated carbocycles. The van der Waals surface area contributed by atoms with Gasteiger partial charge in [0, 0.05) is 11.1 Å². The molecule has 1 aromatic heterocycles. The molecule has 1 heterocycles. The summed E-state index contributed by atoms with van der Waals surface area (Å²) in [7, 11) is 0. The lowest BCUT2D eigenvalue weighted by Gasteiger charge is -2.11. The number of Topliss-reactive ketones (excluding diaryl/α,β-unsaturated/α-hetero) is 1. The van der Waals surface area contributed by atoms with Crippen LogP contribution in [0.1, 0.15) is 24.5 Å². The zero-order valence-corrected chi connectivity index (χ0v) is 9.47. The Morgan fingerprint density at radius 3 is 2.71 bits per heavy atom. The van der Waals surface area contributed by atoms with E-state index in [9.17, 15) is 9.90 Å². The van der Waals surface area contributed by atoms with Crippen molar-refractivity contribution in [2.45, 2.75) is 33.3 Å². The molecule has 14 heavy (non-hydrogen) atoms. The SMILES string of the molecule is Cc1csc(CC(=O)C(O)C(C)C)n1. The minimum absolute atomic E-state index is 0.0245. The van der Waals surface area contributed by atoms with E-state index in [1.54, 1.807) is 0 Å². The van der Waals surface area contributed by atoms with Crippen LogP contribution in [-0.4, -0.2) is 22.0 Å². The third kappa shape index (κ3) is 2.89. The highest BCUT2D eigenvalue weighted by molar-refractivity contribution is 7.09. The van der Waals surface area contributed by atoms with Gasteiger partial charge in [-0.15, -0.1) is 11.3 Å². The molecule has 3 nitrogen and oxygen atoms in total. The van der Waals surface area contributed by atoms with E-state index in [4.69, 9.17) is 0 Å². The fourth-order valence-electron chi connectivity index (χ4n) is 1.11. The number of aliphatic hydroxyl groups excluding tert-OH is 1. The number of thiazole rings is 1. The molecule has 0 fully saturated rings. The molecule has 0 bridgehead atoms. The minimum Gasteiger partial charge on any atom is -0.385 e. The van der Waals surface area contributed by atoms with Crippen molar-refractivity contribution in [2.75, 3.05) is 0 Å². The predicted molar refractivity (Wildman–Crippen MR) is 56.4 cm³/mol. The first kappa shape index (κ1) is 11.3. The lowest BCUT2D eigenvalue weighted by Crippen LogP contribution is -2.27. The zero-order valence-electron chi connectivity index (χ0n) is 8.65. The van der Waals surface area contributed by atoms with Gasteiger partial charge in [-0.25, -0.2) is 4.98 Å². The van der Waals surface area contributed by atoms with Crippen LogP contribution in [0.25, 0.3) is 0 Å². The van der Waals surface area contributed by atoms with Gasteiger partial charge in [0.05, 0.1) is 6.42 Å². The summed E-state index contributed by atoms with van der Waals surface area (Å²) in [6, 6.07) is 0. The standard InChI is InChI=1S/C10H15NO2S/c1-6(2)10(13)8(12)4-9-11-7(3)5-14-9/h5-6,10,13H,4H2,1-3H3. The van der Waals surface area contributed by atoms with Gasteiger partial charge in [0.2, 0.25) is 0 Å². The fraction of sp³-hybridized carbons (Fsp3) is 0.600. The van der Waals surface area contributed by atoms with Gasteiger partial charge in [0.1, 0.15) is 11.1 Å². The van der Waals surface area contributed by atoms with Crippen molar-refractivity contribution < 1.29 is 9.90 Å². The Morgan fingerprint density at radius 1 is 1.64 bits per heavy atom. The van der Waals surface area contributed by atoms with Crippen molar-refractivity contribution in [1.29, 1.82) is 0 Å². The predicted octanol–water partition coefficient (Wildman–Crippen LogP) is 1.58. The second-order valence-electron chi connectivity index (χ2n) is 3.71. The van der Waals surface area contributed by atoms with Crippen molar-refractivity contribution in [3.63, 3.8) is 0 Å². The van der Waals surface area contributed by atoms with Gasteiger partial charge in [0.25, 0.3) is 0 Å². The lowest BCUT2D eigenvalue weighted by atomic mass is 10.0. The number of nitrogens with zero attached hydrogens (tertiary/aromatic N) is 1. The molecule has 0 amide bonds. The summed E-state index contributed by atoms with van der Waals surface area (Å²) in [4.78, 5) is 15.7. The first-order chi connectivity index (χ1) is 6.50. The van der Waals surface area contributed by atoms with Crippen LogP contribution in [-0.2, 0) is 11.2 Å². The van der Waals surface area contributed by atoms with Crippen molar-refractivity contribution in [1.82, 2.24) is 4.98 Å². The molecule has 1 N–H and O–H groups in total. The molecule has 78 valence electrons. The van der Waals surface area contributed by atoms with Crippen LogP contribution in [0.3, 0.4) is 0 Å². The number of aliphatic hydroxyl groups is 1. The Balaban J connectivity index is 2.57. The molecule has 1 atom stereocenters. The maximum absolute atomic E-state index is 11.5. The summed E-state index contributed by atoms with van der Waals surface area (Å²) in [5.74, 6) is -0.169. The summed E-state index contributed by atoms with van der Waals surface area (Å²) >= 11 is 1.46. The average Bonchev–Trinajstić information content (AvgIpc) is 2.49. The first-order valence-corrected chi connectivity index (χ1v) is 5.50. The zero-order chi connectivity index (χ0) is 10.7. The van der Waals surface area contributed by atoms with E-state index >= 15 is 0 Å². The van der Waals surface area contributed by atoms with Gasteiger partial charge < -0.3 is 5.11 Å². The van der Waals surface area contributed by atoms with Gasteiger partial charge >= 0.3 is 0 Å². The number of hydrogen-bond donors (Lipinski definition) is 1. The van der Waals surface area contributed by atoms with E-state index in [-0.39, 0.29) is 18.1 Å². The molecular formula is C10H15NO2S. The van der Waals surface area contributed by atoms with Crippen molar-refractivity contribution >= 4 is 17.1 Å². The molecule has 0 aliphatic rings. The molecule has 1 rings (SSSR count). The Morgan fingerprint density at radius 2 is 2.29 bits per heavy atom. The average molecular weight is 213 g/mol. The smallest absolute Gasteiger partial charge is 0.168 e. The molecule has 1 unspecified atom stereocenters. The highest BCUT2D eigenvalue weighted by Crippen LogP contribution is 2.12. The van der Waals surface area contributed by atoms with E-state index in [1.807, 2.05) is 26.2 Å². The monoisotopic (exact) mass is 213 g/mol. The van der Waals surface area contributed by atoms with Gasteiger partial charge in [-0.05, 0) is 12.8 Å². The number of rotatable bonds is 4. The van der Waals surface area contributed by atoms with Crippen LogP contribution in [0.2, 0.25) is 0 Å². The highest BCUT2D eigenvalue weighted by Gasteiger charge is 2.19. The summed E-state index contributed by atoms with van der Waals surface area (Å²) in [5, 5.41) is 12.2. The molecule has 0 aliphatic carbocycles. The van der Waals surface area contributed by atoms with E-state index in [0.717, 1.165) is 10.7 Å². The minimum atomic E-state index is -0.862. The normalized spacial score (nSPS) is 13.2. The van der Waals surface area contributed by atoms with Crippen LogP contribution >= 0.6 is 11.3 Å². The van der Waals surface area contributed by atoms with E-state index in [2.05, 4.69) is 4.98 Å². The van der Waals surface area contributed by atoms with Crippen LogP contribution in [0.5, 0.6) is 0 Å². The molecule has 4 heteroatoms. The number of ketones is 1. The summed E-state index contributed by atoms with van der Waals surface area (Å²) in [6.07, 6.45) is -0.614. The lowest BCUT2D eigenvalue weighted by molar-refractivity contribution is -0.128. The van der Waals surface area contributed by atoms with Crippen molar-refractivity contribution in [3.8, 4) is 0 Å². The molecule has 0 saturated heterocycles. The van der Waals surface area contributed by atoms with Crippen molar-refractivity contribution in [2.24, 2.45) is 5.92 Å². The Kier molecular flexibility index (Phi) is 3.77. The second-order valence-corrected chi connectivity index (χ2v) is 4.66. The second kappa shape index (κ2) is 4.66. The van der Waals surface area contributed by atoms with Crippen LogP contribution in [0.15, 0.2) is 5.38 Å². The topological polar surface area (TPSA) is 50.2 Å². The maximum atomic E-state index is 11.5. The Bertz CT molecular complexity index is 320. The summed E-state index contributed by atoms with van der Waals surface area (Å²) in [5.41, 5.74) is 0.928. The van der Waals surface area contributed by atoms with Crippen molar-refractivity contribution in [3.05, 3.63) is 16.1 Å². The van der Waals surface area contributed by atoms with Crippen LogP contribution < -0.4 is 0 Å². The molecule has 0 radical (unpaired) electrons. The summed E-state index contributed by atoms with van der Waals surface area (Å²) < 4.78 is 0. The fourth-order valence-corrected chi connectivity index (χ4v) is 1.89. The van der Waals surface area contributed by atoms with Gasteiger partial charge in [-0.1, -0.05) is 13.8 Å². The molecule has 0 aliphatic heterocycles. The quantitative estimate of drug-likeness (QED) is 0.826. The first-order valence-electron chi connectivity index (χ1n) is 4.62. The third-order valence-corrected chi connectivity index (χ3v) is 2.92. The Hall–Kier alpha value is -0.740. The molecule has 0 aromatic carbocycles. The largest absolute Gasteiger partial charge is 0.385 e. The number of aryl methyl sites for hydroxylation is 1.